The number of rotatable bonds is 3. The lowest BCUT2D eigenvalue weighted by molar-refractivity contribution is 0.289. The number of nitrogens with zero attached hydrogens (tertiary/aromatic N) is 1. The molecule has 1 rings (SSSR count). The molecule has 0 saturated heterocycles. The van der Waals surface area contributed by atoms with Crippen molar-refractivity contribution in [1.82, 2.24) is 4.31 Å². The monoisotopic (exact) mass is 253 g/mol. The molecule has 5 heteroatoms. The Hall–Kier alpha value is 0.200. The molecule has 0 radical (unpaired) electrons. The first-order chi connectivity index (χ1) is 6.87. The Bertz CT molecular complexity index is 303. The van der Waals surface area contributed by atoms with E-state index >= 15 is 0 Å². The molecule has 90 valence electrons. The van der Waals surface area contributed by atoms with Crippen LogP contribution in [0.25, 0.3) is 0 Å². The van der Waals surface area contributed by atoms with Gasteiger partial charge in [0, 0.05) is 13.1 Å². The average molecular weight is 254 g/mol. The van der Waals surface area contributed by atoms with Crippen LogP contribution < -0.4 is 0 Å². The van der Waals surface area contributed by atoms with Crippen LogP contribution in [-0.4, -0.2) is 36.4 Å². The summed E-state index contributed by atoms with van der Waals surface area (Å²) in [6.45, 7) is 3.41. The smallest absolute Gasteiger partial charge is 0.212 e. The molecule has 0 heterocycles. The Morgan fingerprint density at radius 1 is 1.27 bits per heavy atom. The van der Waals surface area contributed by atoms with E-state index in [0.29, 0.717) is 0 Å². The lowest BCUT2D eigenvalue weighted by Crippen LogP contribution is -2.46. The maximum absolute atomic E-state index is 11.9. The minimum absolute atomic E-state index is 0.0205. The normalized spacial score (nSPS) is 28.7. The van der Waals surface area contributed by atoms with Gasteiger partial charge in [-0.15, -0.1) is 11.6 Å². The molecule has 0 amide bonds. The highest BCUT2D eigenvalue weighted by molar-refractivity contribution is 7.89. The summed E-state index contributed by atoms with van der Waals surface area (Å²) in [5, 5.41) is -0.398. The van der Waals surface area contributed by atoms with Gasteiger partial charge in [-0.2, -0.15) is 0 Å². The van der Waals surface area contributed by atoms with Gasteiger partial charge in [0.25, 0.3) is 0 Å². The predicted octanol–water partition coefficient (Wildman–Crippen LogP) is 2.21. The summed E-state index contributed by atoms with van der Waals surface area (Å²) < 4.78 is 25.4. The Kier molecular flexibility index (Phi) is 4.44. The highest BCUT2D eigenvalue weighted by Gasteiger charge is 2.34. The zero-order chi connectivity index (χ0) is 11.6. The van der Waals surface area contributed by atoms with Crippen molar-refractivity contribution in [2.24, 2.45) is 0 Å². The van der Waals surface area contributed by atoms with Crippen molar-refractivity contribution in [3.8, 4) is 0 Å². The highest BCUT2D eigenvalue weighted by Crippen LogP contribution is 2.28. The number of halogens is 1. The molecule has 1 saturated carbocycles. The van der Waals surface area contributed by atoms with Gasteiger partial charge in [-0.25, -0.2) is 12.7 Å². The van der Waals surface area contributed by atoms with Crippen molar-refractivity contribution in [3.63, 3.8) is 0 Å². The molecule has 15 heavy (non-hydrogen) atoms. The van der Waals surface area contributed by atoms with Crippen LogP contribution in [0.4, 0.5) is 0 Å². The maximum atomic E-state index is 11.9. The van der Waals surface area contributed by atoms with E-state index in [4.69, 9.17) is 11.6 Å². The summed E-state index contributed by atoms with van der Waals surface area (Å²) in [5.41, 5.74) is 0. The van der Waals surface area contributed by atoms with Crippen LogP contribution in [0.5, 0.6) is 0 Å². The molecule has 1 fully saturated rings. The van der Waals surface area contributed by atoms with Gasteiger partial charge < -0.3 is 0 Å². The molecule has 0 spiro atoms. The van der Waals surface area contributed by atoms with E-state index in [1.165, 1.54) is 4.31 Å². The molecule has 1 aliphatic rings. The van der Waals surface area contributed by atoms with Gasteiger partial charge in [0.2, 0.25) is 10.0 Å². The predicted molar refractivity (Wildman–Crippen MR) is 63.7 cm³/mol. The Labute approximate surface area is 97.8 Å². The van der Waals surface area contributed by atoms with E-state index in [0.717, 1.165) is 25.7 Å². The second-order valence-electron chi connectivity index (χ2n) is 4.48. The second kappa shape index (κ2) is 5.02. The molecular weight excluding hydrogens is 234 g/mol. The van der Waals surface area contributed by atoms with Gasteiger partial charge in [0.1, 0.15) is 0 Å². The van der Waals surface area contributed by atoms with Crippen LogP contribution in [0.2, 0.25) is 0 Å². The van der Waals surface area contributed by atoms with Gasteiger partial charge in [-0.05, 0) is 26.7 Å². The molecule has 1 aliphatic carbocycles. The zero-order valence-corrected chi connectivity index (χ0v) is 11.2. The van der Waals surface area contributed by atoms with E-state index < -0.39 is 10.0 Å². The minimum Gasteiger partial charge on any atom is -0.212 e. The average Bonchev–Trinajstić information content (AvgIpc) is 2.17. The number of alkyl halides is 1. The third kappa shape index (κ3) is 2.86. The quantitative estimate of drug-likeness (QED) is 0.724. The van der Waals surface area contributed by atoms with Gasteiger partial charge in [0.15, 0.2) is 0 Å². The SMILES string of the molecule is CC(C)S(=O)(=O)N(C)C1CCCCC1Cl. The van der Waals surface area contributed by atoms with Crippen LogP contribution in [0.15, 0.2) is 0 Å². The van der Waals surface area contributed by atoms with E-state index in [-0.39, 0.29) is 16.7 Å². The highest BCUT2D eigenvalue weighted by atomic mass is 35.5. The van der Waals surface area contributed by atoms with Crippen molar-refractivity contribution >= 4 is 21.6 Å². The van der Waals surface area contributed by atoms with Crippen molar-refractivity contribution in [2.75, 3.05) is 7.05 Å². The minimum atomic E-state index is -3.16. The Balaban J connectivity index is 2.79. The standard InChI is InChI=1S/C10H20ClNO2S/c1-8(2)15(13,14)12(3)10-7-5-4-6-9(10)11/h8-10H,4-7H2,1-3H3. The third-order valence-electron chi connectivity index (χ3n) is 3.11. The largest absolute Gasteiger partial charge is 0.216 e. The summed E-state index contributed by atoms with van der Waals surface area (Å²) >= 11 is 6.18. The van der Waals surface area contributed by atoms with Crippen LogP contribution >= 0.6 is 11.6 Å². The van der Waals surface area contributed by atoms with Gasteiger partial charge in [-0.1, -0.05) is 12.8 Å². The summed E-state index contributed by atoms with van der Waals surface area (Å²) in [6.07, 6.45) is 3.99. The van der Waals surface area contributed by atoms with Crippen LogP contribution in [-0.2, 0) is 10.0 Å². The van der Waals surface area contributed by atoms with Crippen LogP contribution in [0, 0.1) is 0 Å². The van der Waals surface area contributed by atoms with Gasteiger partial charge in [-0.3, -0.25) is 0 Å². The van der Waals surface area contributed by atoms with Crippen molar-refractivity contribution in [3.05, 3.63) is 0 Å². The molecule has 2 atom stereocenters. The first kappa shape index (κ1) is 13.3. The summed E-state index contributed by atoms with van der Waals surface area (Å²) in [5.74, 6) is 0. The van der Waals surface area contributed by atoms with E-state index in [1.54, 1.807) is 20.9 Å². The first-order valence-corrected chi connectivity index (χ1v) is 7.42. The summed E-state index contributed by atoms with van der Waals surface area (Å²) in [7, 11) is -1.51. The van der Waals surface area contributed by atoms with Crippen molar-refractivity contribution in [2.45, 2.75) is 56.2 Å². The zero-order valence-electron chi connectivity index (χ0n) is 9.61. The topological polar surface area (TPSA) is 37.4 Å². The Morgan fingerprint density at radius 2 is 1.80 bits per heavy atom. The number of hydrogen-bond donors (Lipinski definition) is 0. The second-order valence-corrected chi connectivity index (χ2v) is 7.59. The maximum Gasteiger partial charge on any atom is 0.216 e. The fourth-order valence-electron chi connectivity index (χ4n) is 2.00. The summed E-state index contributed by atoms with van der Waals surface area (Å²) in [4.78, 5) is 0. The molecule has 0 aromatic rings. The molecular formula is C10H20ClNO2S. The van der Waals surface area contributed by atoms with Gasteiger partial charge >= 0.3 is 0 Å². The fourth-order valence-corrected chi connectivity index (χ4v) is 3.81. The number of hydrogen-bond acceptors (Lipinski definition) is 2. The van der Waals surface area contributed by atoms with E-state index in [9.17, 15) is 8.42 Å². The molecule has 3 nitrogen and oxygen atoms in total. The van der Waals surface area contributed by atoms with E-state index in [2.05, 4.69) is 0 Å². The molecule has 2 unspecified atom stereocenters. The first-order valence-electron chi connectivity index (χ1n) is 5.48. The molecule has 0 bridgehead atoms. The molecule has 0 N–H and O–H groups in total. The van der Waals surface area contributed by atoms with Crippen LogP contribution in [0.3, 0.4) is 0 Å². The lowest BCUT2D eigenvalue weighted by Gasteiger charge is -2.35. The van der Waals surface area contributed by atoms with Crippen molar-refractivity contribution < 1.29 is 8.42 Å². The lowest BCUT2D eigenvalue weighted by atomic mass is 9.95. The molecule has 0 aromatic heterocycles. The molecule has 0 aliphatic heterocycles. The molecule has 0 aromatic carbocycles. The van der Waals surface area contributed by atoms with Gasteiger partial charge in [0.05, 0.1) is 10.6 Å². The van der Waals surface area contributed by atoms with Crippen molar-refractivity contribution in [1.29, 1.82) is 0 Å². The number of sulfonamides is 1. The van der Waals surface area contributed by atoms with Crippen LogP contribution in [0.1, 0.15) is 39.5 Å². The van der Waals surface area contributed by atoms with E-state index in [1.807, 2.05) is 0 Å². The fraction of sp³-hybridized carbons (Fsp3) is 1.00. The summed E-state index contributed by atoms with van der Waals surface area (Å²) in [6, 6.07) is -0.0205. The Morgan fingerprint density at radius 3 is 2.27 bits per heavy atom. The third-order valence-corrected chi connectivity index (χ3v) is 5.89.